The molecule has 6 heavy (non-hydrogen) atoms. The molecule has 0 amide bonds. The molecule has 4 nitrogen and oxygen atoms in total. The van der Waals surface area contributed by atoms with Gasteiger partial charge in [-0.05, 0) is 0 Å². The fourth-order valence-corrected chi connectivity index (χ4v) is 0. The lowest BCUT2D eigenvalue weighted by Gasteiger charge is -1.98. The van der Waals surface area contributed by atoms with Crippen molar-refractivity contribution in [3.8, 4) is 0 Å². The predicted molar refractivity (Wildman–Crippen MR) is 15.1 cm³/mol. The Morgan fingerprint density at radius 1 is 1.33 bits per heavy atom. The molecule has 0 aliphatic carbocycles. The van der Waals surface area contributed by atoms with Gasteiger partial charge in [0, 0.05) is 0 Å². The molecule has 35 valence electrons. The van der Waals surface area contributed by atoms with Crippen molar-refractivity contribution in [3.05, 3.63) is 0 Å². The van der Waals surface area contributed by atoms with Crippen LogP contribution >= 0.6 is 0 Å². The Hall–Kier alpha value is -0.450. The Labute approximate surface area is 33.6 Å². The number of aliphatic hydroxyl groups is 3. The fourth-order valence-electron chi connectivity index (χ4n) is 0. The zero-order valence-corrected chi connectivity index (χ0v) is 2.75. The molecule has 0 aromatic rings. The summed E-state index contributed by atoms with van der Waals surface area (Å²) in [6.45, 7) is 0. The van der Waals surface area contributed by atoms with E-state index in [9.17, 15) is 0 Å². The minimum atomic E-state index is -3.26. The van der Waals surface area contributed by atoms with Crippen LogP contribution in [0.3, 0.4) is 0 Å². The van der Waals surface area contributed by atoms with Crippen LogP contribution in [0.2, 0.25) is 0 Å². The van der Waals surface area contributed by atoms with Gasteiger partial charge in [0.1, 0.15) is 0 Å². The second-order valence-electron chi connectivity index (χ2n) is 0.737. The zero-order chi connectivity index (χ0) is 5.21. The summed E-state index contributed by atoms with van der Waals surface area (Å²) in [6, 6.07) is 0. The second-order valence-corrected chi connectivity index (χ2v) is 0.737. The van der Waals surface area contributed by atoms with Crippen molar-refractivity contribution in [3.63, 3.8) is 0 Å². The van der Waals surface area contributed by atoms with Crippen LogP contribution < -0.4 is 0 Å². The molecule has 3 N–H and O–H groups in total. The first-order valence-electron chi connectivity index (χ1n) is 1.12. The third-order valence-electron chi connectivity index (χ3n) is 0.137. The molecule has 0 atom stereocenters. The second kappa shape index (κ2) is 1.34. The highest BCUT2D eigenvalue weighted by Crippen LogP contribution is 1.79. The van der Waals surface area contributed by atoms with E-state index in [2.05, 4.69) is 0 Å². The predicted octanol–water partition coefficient (Wildman–Crippen LogP) is -2.27. The van der Waals surface area contributed by atoms with Gasteiger partial charge in [-0.2, -0.15) is 0 Å². The van der Waals surface area contributed by atoms with Crippen molar-refractivity contribution < 1.29 is 20.1 Å². The van der Waals surface area contributed by atoms with Gasteiger partial charge in [-0.3, -0.25) is 4.79 Å². The SMILES string of the molecule is O=[C]C(O)(O)O. The summed E-state index contributed by atoms with van der Waals surface area (Å²) in [7, 11) is 0. The lowest BCUT2D eigenvalue weighted by atomic mass is 10.7. The minimum absolute atomic E-state index is 0.521. The van der Waals surface area contributed by atoms with E-state index in [0.717, 1.165) is 0 Å². The lowest BCUT2D eigenvalue weighted by Crippen LogP contribution is -2.28. The Bertz CT molecular complexity index is 51.1. The van der Waals surface area contributed by atoms with E-state index in [1.807, 2.05) is 0 Å². The molecule has 1 radical (unpaired) electrons. The van der Waals surface area contributed by atoms with Crippen molar-refractivity contribution in [2.45, 2.75) is 5.97 Å². The number of rotatable bonds is 1. The first kappa shape index (κ1) is 5.55. The average molecular weight is 91.0 g/mol. The highest BCUT2D eigenvalue weighted by Gasteiger charge is 2.16. The third kappa shape index (κ3) is 3.55. The van der Waals surface area contributed by atoms with Gasteiger partial charge in [-0.25, -0.2) is 0 Å². The van der Waals surface area contributed by atoms with Crippen molar-refractivity contribution in [1.29, 1.82) is 0 Å². The van der Waals surface area contributed by atoms with Crippen LogP contribution in [0.4, 0.5) is 0 Å². The van der Waals surface area contributed by atoms with Crippen LogP contribution in [0, 0.1) is 0 Å². The van der Waals surface area contributed by atoms with Crippen molar-refractivity contribution >= 4 is 6.29 Å². The molecule has 0 spiro atoms. The highest BCUT2D eigenvalue weighted by molar-refractivity contribution is 5.56. The smallest absolute Gasteiger partial charge is 0.337 e. The lowest BCUT2D eigenvalue weighted by molar-refractivity contribution is -0.255. The Morgan fingerprint density at radius 2 is 1.50 bits per heavy atom. The van der Waals surface area contributed by atoms with Gasteiger partial charge in [0.2, 0.25) is 0 Å². The summed E-state index contributed by atoms with van der Waals surface area (Å²) >= 11 is 0. The molecule has 0 rings (SSSR count). The fraction of sp³-hybridized carbons (Fsp3) is 0.500. The largest absolute Gasteiger partial charge is 0.347 e. The molecule has 4 heteroatoms. The number of hydrogen-bond donors (Lipinski definition) is 3. The van der Waals surface area contributed by atoms with Gasteiger partial charge in [0.25, 0.3) is 6.29 Å². The van der Waals surface area contributed by atoms with E-state index in [1.54, 1.807) is 0 Å². The molecule has 0 saturated heterocycles. The van der Waals surface area contributed by atoms with Crippen molar-refractivity contribution in [2.24, 2.45) is 0 Å². The molecule has 0 aliphatic heterocycles. The maximum Gasteiger partial charge on any atom is 0.347 e. The summed E-state index contributed by atoms with van der Waals surface area (Å²) in [5.41, 5.74) is 0. The maximum absolute atomic E-state index is 8.95. The van der Waals surface area contributed by atoms with Crippen LogP contribution in [-0.2, 0) is 4.79 Å². The van der Waals surface area contributed by atoms with Crippen LogP contribution in [0.1, 0.15) is 0 Å². The quantitative estimate of drug-likeness (QED) is 0.318. The van der Waals surface area contributed by atoms with E-state index >= 15 is 0 Å². The van der Waals surface area contributed by atoms with Crippen molar-refractivity contribution in [2.75, 3.05) is 0 Å². The molecule has 0 aromatic heterocycles. The van der Waals surface area contributed by atoms with Gasteiger partial charge < -0.3 is 15.3 Å². The zero-order valence-electron chi connectivity index (χ0n) is 2.75. The molecule has 0 aliphatic rings. The van der Waals surface area contributed by atoms with Gasteiger partial charge in [0.15, 0.2) is 0 Å². The standard InChI is InChI=1S/C2H3O4/c3-1-2(4,5)6/h4-6H. The van der Waals surface area contributed by atoms with Gasteiger partial charge in [-0.15, -0.1) is 0 Å². The monoisotopic (exact) mass is 91.0 g/mol. The van der Waals surface area contributed by atoms with Crippen LogP contribution in [0.25, 0.3) is 0 Å². The third-order valence-corrected chi connectivity index (χ3v) is 0.137. The molecule has 0 heterocycles. The van der Waals surface area contributed by atoms with E-state index in [4.69, 9.17) is 20.1 Å². The summed E-state index contributed by atoms with van der Waals surface area (Å²) in [5.74, 6) is -3.26. The maximum atomic E-state index is 8.95. The van der Waals surface area contributed by atoms with E-state index in [-0.39, 0.29) is 0 Å². The number of hydrogen-bond acceptors (Lipinski definition) is 4. The van der Waals surface area contributed by atoms with Gasteiger partial charge in [0.05, 0.1) is 0 Å². The molecule has 0 aromatic carbocycles. The summed E-state index contributed by atoms with van der Waals surface area (Å²) < 4.78 is 0. The van der Waals surface area contributed by atoms with Crippen LogP contribution in [-0.4, -0.2) is 27.6 Å². The molecule has 0 unspecified atom stereocenters. The van der Waals surface area contributed by atoms with E-state index < -0.39 is 5.97 Å². The molecular formula is C2H3O4. The van der Waals surface area contributed by atoms with Gasteiger partial charge in [-0.1, -0.05) is 0 Å². The first-order valence-corrected chi connectivity index (χ1v) is 1.12. The Balaban J connectivity index is 3.45. The normalized spacial score (nSPS) is 11.2. The molecular weight excluding hydrogens is 88.0 g/mol. The first-order chi connectivity index (χ1) is 2.56. The summed E-state index contributed by atoms with van der Waals surface area (Å²) in [5, 5.41) is 22.5. The van der Waals surface area contributed by atoms with E-state index in [1.165, 1.54) is 0 Å². The van der Waals surface area contributed by atoms with Gasteiger partial charge >= 0.3 is 5.97 Å². The highest BCUT2D eigenvalue weighted by atomic mass is 16.7. The summed E-state index contributed by atoms with van der Waals surface area (Å²) in [4.78, 5) is 8.95. The van der Waals surface area contributed by atoms with Crippen LogP contribution in [0.15, 0.2) is 0 Å². The minimum Gasteiger partial charge on any atom is -0.337 e. The Morgan fingerprint density at radius 3 is 1.50 bits per heavy atom. The summed E-state index contributed by atoms with van der Waals surface area (Å²) in [6.07, 6.45) is 0.521. The topological polar surface area (TPSA) is 77.8 Å². The van der Waals surface area contributed by atoms with E-state index in [0.29, 0.717) is 6.29 Å². The number of carbonyl (C=O) groups excluding carboxylic acids is 1. The average Bonchev–Trinajstić information content (AvgIpc) is 1.35. The molecule has 0 fully saturated rings. The molecule has 0 saturated carbocycles. The molecule has 0 bridgehead atoms. The van der Waals surface area contributed by atoms with Crippen LogP contribution in [0.5, 0.6) is 0 Å². The Kier molecular flexibility index (Phi) is 1.24. The van der Waals surface area contributed by atoms with Crippen molar-refractivity contribution in [1.82, 2.24) is 0 Å².